The number of nitrogens with zero attached hydrogens (tertiary/aromatic N) is 4. The molecule has 8 aromatic carbocycles. The van der Waals surface area contributed by atoms with Crippen LogP contribution in [-0.2, 0) is 0 Å². The third-order valence-electron chi connectivity index (χ3n) is 19.1. The predicted molar refractivity (Wildman–Crippen MR) is 430 cm³/mol. The molecule has 18 rings (SSSR count). The van der Waals surface area contributed by atoms with Crippen molar-refractivity contribution in [3.63, 3.8) is 0 Å². The van der Waals surface area contributed by atoms with Crippen LogP contribution in [0.15, 0.2) is 188 Å². The second-order valence-corrected chi connectivity index (χ2v) is 33.8. The minimum atomic E-state index is 0.0287. The van der Waals surface area contributed by atoms with Crippen LogP contribution in [0.1, 0.15) is 66.8 Å². The van der Waals surface area contributed by atoms with Crippen molar-refractivity contribution < 1.29 is 0 Å². The van der Waals surface area contributed by atoms with Gasteiger partial charge < -0.3 is 0 Å². The Hall–Kier alpha value is -10.3. The van der Waals surface area contributed by atoms with Gasteiger partial charge in [-0.05, 0) is 307 Å². The van der Waals surface area contributed by atoms with Crippen LogP contribution < -0.4 is 10.9 Å². The van der Waals surface area contributed by atoms with E-state index in [1.165, 1.54) is 93.3 Å². The van der Waals surface area contributed by atoms with Gasteiger partial charge in [0.1, 0.15) is 0 Å². The highest BCUT2D eigenvalue weighted by Gasteiger charge is 2.35. The topological polar surface area (TPSA) is 90.4 Å². The van der Waals surface area contributed by atoms with Crippen molar-refractivity contribution in [2.45, 2.75) is 55.4 Å². The molecule has 2 aliphatic rings. The zero-order valence-electron chi connectivity index (χ0n) is 55.0. The number of fused-ring (bicyclic) bond motifs is 12. The van der Waals surface area contributed by atoms with E-state index < -0.39 is 0 Å². The predicted octanol–water partition coefficient (Wildman–Crippen LogP) is 26.2. The summed E-state index contributed by atoms with van der Waals surface area (Å²) >= 11 is 14.1. The summed E-state index contributed by atoms with van der Waals surface area (Å²) in [4.78, 5) is 49.9. The Morgan fingerprint density at radius 2 is 0.600 bits per heavy atom. The lowest BCUT2D eigenvalue weighted by atomic mass is 9.95. The van der Waals surface area contributed by atoms with Crippen LogP contribution in [0.2, 0.25) is 0 Å². The van der Waals surface area contributed by atoms with Crippen LogP contribution in [0.25, 0.3) is 167 Å². The zero-order valence-corrected chi connectivity index (χ0v) is 61.6. The van der Waals surface area contributed by atoms with Gasteiger partial charge in [-0.15, -0.1) is 90.7 Å². The minimum absolute atomic E-state index is 0.0287. The second-order valence-electron chi connectivity index (χ2n) is 25.9. The van der Waals surface area contributed by atoms with E-state index in [1.807, 2.05) is 24.3 Å². The number of aryl methyl sites for hydroxylation is 8. The normalized spacial score (nSPS) is 13.1. The Bertz CT molecular complexity index is 6190. The van der Waals surface area contributed by atoms with Crippen molar-refractivity contribution in [3.8, 4) is 115 Å². The molecule has 8 aromatic heterocycles. The molecule has 0 spiro atoms. The summed E-state index contributed by atoms with van der Waals surface area (Å²) in [6, 6.07) is 55.4. The van der Waals surface area contributed by atoms with Crippen molar-refractivity contribution in [2.75, 3.05) is 0 Å². The number of hydrogen-bond acceptors (Lipinski definition) is 12. The van der Waals surface area contributed by atoms with Gasteiger partial charge in [0.15, 0.2) is 10.9 Å². The van der Waals surface area contributed by atoms with E-state index >= 15 is 0 Å². The summed E-state index contributed by atoms with van der Waals surface area (Å²) in [5.41, 5.74) is 22.3. The summed E-state index contributed by atoms with van der Waals surface area (Å²) < 4.78 is 0. The molecular weight excluding hydrogens is 1380 g/mol. The second kappa shape index (κ2) is 24.3. The van der Waals surface area contributed by atoms with Gasteiger partial charge in [0.2, 0.25) is 0 Å². The van der Waals surface area contributed by atoms with E-state index in [9.17, 15) is 20.1 Å². The van der Waals surface area contributed by atoms with Crippen LogP contribution in [0.4, 0.5) is 0 Å². The summed E-state index contributed by atoms with van der Waals surface area (Å²) in [7, 11) is 0. The highest BCUT2D eigenvalue weighted by molar-refractivity contribution is 7.25. The lowest BCUT2D eigenvalue weighted by Crippen LogP contribution is -1.95. The van der Waals surface area contributed by atoms with Gasteiger partial charge >= 0.3 is 0 Å². The number of allylic oxidation sites excluding steroid dienone is 2. The third kappa shape index (κ3) is 10.2. The maximum absolute atomic E-state index is 13.9. The fraction of sp³-hybridized carbons (Fsp3) is 0.0930. The summed E-state index contributed by atoms with van der Waals surface area (Å²) in [6.07, 6.45) is 0. The molecule has 0 amide bonds. The van der Waals surface area contributed by atoms with E-state index in [2.05, 4.69) is 220 Å². The monoisotopic (exact) mass is 1430 g/mol. The molecule has 0 N–H and O–H groups in total. The number of nitriles is 2. The van der Waals surface area contributed by atoms with Gasteiger partial charge in [0, 0.05) is 91.2 Å². The van der Waals surface area contributed by atoms with Crippen molar-refractivity contribution in [2.24, 2.45) is 0 Å². The zero-order chi connectivity index (χ0) is 68.8. The molecular formula is C86H52N4O2S8. The Labute approximate surface area is 609 Å². The molecule has 0 unspecified atom stereocenters. The molecule has 476 valence electrons. The highest BCUT2D eigenvalue weighted by Crippen LogP contribution is 2.56. The van der Waals surface area contributed by atoms with Crippen LogP contribution in [0.3, 0.4) is 0 Å². The molecule has 14 heteroatoms. The first-order valence-corrected chi connectivity index (χ1v) is 39.0. The maximum atomic E-state index is 13.9. The van der Waals surface area contributed by atoms with E-state index in [1.54, 1.807) is 90.7 Å². The Morgan fingerprint density at radius 1 is 0.310 bits per heavy atom. The molecule has 0 saturated heterocycles. The van der Waals surface area contributed by atoms with Crippen LogP contribution in [-0.4, -0.2) is 0 Å². The van der Waals surface area contributed by atoms with Crippen molar-refractivity contribution >= 4 is 145 Å². The fourth-order valence-electron chi connectivity index (χ4n) is 14.5. The first-order valence-electron chi connectivity index (χ1n) is 32.2. The molecule has 0 saturated carbocycles. The van der Waals surface area contributed by atoms with Gasteiger partial charge in [-0.25, -0.2) is 20.2 Å². The lowest BCUT2D eigenvalue weighted by molar-refractivity contribution is 1.49. The van der Waals surface area contributed by atoms with Crippen molar-refractivity contribution in [1.82, 2.24) is 0 Å². The van der Waals surface area contributed by atoms with Crippen LogP contribution in [0.5, 0.6) is 0 Å². The SMILES string of the molecule is Cc1csc(-c2cc(C)c(-c3ccc4c(c3)c(=O)c3cc5c(cc34)c(=O)c3cc(-c4sc(-c6cc(C)cs6)cc4C)ccc35)s2)c1.[C-]#[N+]/C(C#N)=C1/c2cc(-c3sc(-c4cc(C)cs4)cc3C)ccc2-c2cc3c(cc21)-c1ccc(-c2sc(-c4cc(C)cs4)cc2C)cc1/C3=C(/C#N)[N+]#[C-]. The number of hydrogen-bond donors (Lipinski definition) is 0. The van der Waals surface area contributed by atoms with Gasteiger partial charge in [-0.3, -0.25) is 9.59 Å². The molecule has 0 aliphatic heterocycles. The number of rotatable bonds is 8. The van der Waals surface area contributed by atoms with E-state index in [-0.39, 0.29) is 22.3 Å². The minimum Gasteiger partial charge on any atom is -0.289 e. The maximum Gasteiger partial charge on any atom is 0.270 e. The average Bonchev–Trinajstić information content (AvgIpc) is 1.56. The van der Waals surface area contributed by atoms with Gasteiger partial charge in [0.05, 0.1) is 25.3 Å². The number of thiophene rings is 8. The van der Waals surface area contributed by atoms with Gasteiger partial charge in [-0.1, -0.05) is 48.5 Å². The molecule has 2 aliphatic carbocycles. The van der Waals surface area contributed by atoms with Crippen molar-refractivity contribution in [3.05, 3.63) is 289 Å². The molecule has 8 heterocycles. The van der Waals surface area contributed by atoms with E-state index in [0.29, 0.717) is 32.7 Å². The summed E-state index contributed by atoms with van der Waals surface area (Å²) in [5.74, 6) is 0. The quantitative estimate of drug-likeness (QED) is 0.112. The first kappa shape index (κ1) is 63.2. The van der Waals surface area contributed by atoms with Crippen LogP contribution in [0, 0.1) is 91.2 Å². The van der Waals surface area contributed by atoms with Crippen LogP contribution >= 0.6 is 90.7 Å². The largest absolute Gasteiger partial charge is 0.289 e. The fourth-order valence-corrected chi connectivity index (χ4v) is 23.2. The van der Waals surface area contributed by atoms with Crippen molar-refractivity contribution in [1.29, 1.82) is 10.5 Å². The molecule has 0 radical (unpaired) electrons. The Kier molecular flexibility index (Phi) is 15.3. The smallest absolute Gasteiger partial charge is 0.270 e. The van der Waals surface area contributed by atoms with E-state index in [0.717, 1.165) is 98.1 Å². The standard InChI is InChI=1S/C46H26N4S4.C40H26O2S4/c1-23-11-39(51-21-23)41-13-25(3)45(53-41)27-7-9-29-31-17-36-32(18-35(31)43(33(29)15-27)37(19-47)49-5)30-10-8-28(16-34(30)44(36)38(20-48)50-6)46-26(4)14-42(54-46)40-12-24(2)22-52-40;1-19-9-33(43-17-19)35-11-21(3)39(45-35)23-5-7-25-27-15-32-28(16-31(27)37(41)29(25)13-23)26-8-6-24(14-30(26)38(32)42)40-22(4)12-36(46-40)34-10-20(2)18-44-34/h7-18,21-22H,1-4H3;5-18H,1-4H3/b43-37-,44-38+;. The average molecular weight is 1430 g/mol. The molecule has 0 bridgehead atoms. The molecule has 6 nitrogen and oxygen atoms in total. The summed E-state index contributed by atoms with van der Waals surface area (Å²) in [5, 5.41) is 35.6. The molecule has 100 heavy (non-hydrogen) atoms. The molecule has 0 fully saturated rings. The van der Waals surface area contributed by atoms with Gasteiger partial charge in [-0.2, -0.15) is 0 Å². The molecule has 16 aromatic rings. The Morgan fingerprint density at radius 3 is 0.890 bits per heavy atom. The number of benzene rings is 6. The first-order chi connectivity index (χ1) is 48.4. The third-order valence-corrected chi connectivity index (χ3v) is 29.3. The summed E-state index contributed by atoms with van der Waals surface area (Å²) in [6.45, 7) is 33.0. The molecule has 0 atom stereocenters. The Balaban J connectivity index is 0.000000151. The lowest BCUT2D eigenvalue weighted by Gasteiger charge is -2.09. The van der Waals surface area contributed by atoms with E-state index in [4.69, 9.17) is 13.1 Å². The van der Waals surface area contributed by atoms with Gasteiger partial charge in [0.25, 0.3) is 11.4 Å². The highest BCUT2D eigenvalue weighted by atomic mass is 32.1.